The van der Waals surface area contributed by atoms with E-state index < -0.39 is 0 Å². The van der Waals surface area contributed by atoms with Crippen molar-refractivity contribution in [1.29, 1.82) is 0 Å². The third-order valence-corrected chi connectivity index (χ3v) is 0.721. The molecule has 1 rings (SSSR count). The Balaban J connectivity index is 3.05. The quantitative estimate of drug-likeness (QED) is 0.488. The van der Waals surface area contributed by atoms with Gasteiger partial charge in [0.05, 0.1) is 0 Å². The van der Waals surface area contributed by atoms with Crippen molar-refractivity contribution < 1.29 is 4.09 Å². The van der Waals surface area contributed by atoms with Crippen LogP contribution in [0.2, 0.25) is 0 Å². The average Bonchev–Trinajstić information content (AvgIpc) is 1.86. The lowest BCUT2D eigenvalue weighted by Gasteiger charge is -1.59. The van der Waals surface area contributed by atoms with Crippen molar-refractivity contribution in [2.24, 2.45) is 0 Å². The van der Waals surface area contributed by atoms with Crippen LogP contribution in [0.1, 0.15) is 0 Å². The Hall–Kier alpha value is -0.500. The van der Waals surface area contributed by atoms with E-state index in [9.17, 15) is 0 Å². The fourth-order valence-corrected chi connectivity index (χ4v) is 0.384. The van der Waals surface area contributed by atoms with E-state index in [2.05, 4.69) is 4.98 Å². The minimum atomic E-state index is 1.42. The lowest BCUT2D eigenvalue weighted by atomic mass is 11.0. The first-order valence-corrected chi connectivity index (χ1v) is 1.93. The molecule has 0 aliphatic heterocycles. The van der Waals surface area contributed by atoms with Crippen LogP contribution < -0.4 is 4.09 Å². The molecule has 0 aliphatic rings. The normalized spacial score (nSPS) is 8.83. The third-order valence-electron chi connectivity index (χ3n) is 0.511. The minimum Gasteiger partial charge on any atom is -0.249 e. The van der Waals surface area contributed by atoms with Crippen molar-refractivity contribution >= 4 is 11.8 Å². The van der Waals surface area contributed by atoms with E-state index in [0.717, 1.165) is 0 Å². The number of aromatic nitrogens is 2. The smallest absolute Gasteiger partial charge is 0.249 e. The van der Waals surface area contributed by atoms with Gasteiger partial charge in [-0.3, -0.25) is 0 Å². The predicted octanol–water partition coefficient (Wildman–Crippen LogP) is 0.304. The molecule has 1 N–H and O–H groups in total. The maximum absolute atomic E-state index is 5.34. The molecule has 1 aromatic heterocycles. The predicted molar refractivity (Wildman–Crippen MR) is 22.2 cm³/mol. The summed E-state index contributed by atoms with van der Waals surface area (Å²) in [6, 6.07) is 0. The third kappa shape index (κ3) is 0.518. The summed E-state index contributed by atoms with van der Waals surface area (Å²) in [5, 5.41) is 0. The molecule has 0 spiro atoms. The Labute approximate surface area is 40.5 Å². The molecule has 0 bridgehead atoms. The zero-order valence-corrected chi connectivity index (χ0v) is 3.81. The van der Waals surface area contributed by atoms with Gasteiger partial charge in [-0.25, -0.2) is 4.98 Å². The summed E-state index contributed by atoms with van der Waals surface area (Å²) in [7, 11) is 0. The number of hydrogen-bond acceptors (Lipinski definition) is 0. The van der Waals surface area contributed by atoms with Crippen LogP contribution in [-0.4, -0.2) is 4.98 Å². The van der Waals surface area contributed by atoms with Gasteiger partial charge < -0.3 is 0 Å². The highest BCUT2D eigenvalue weighted by Crippen LogP contribution is 1.66. The Morgan fingerprint density at radius 1 is 1.67 bits per heavy atom. The van der Waals surface area contributed by atoms with Crippen LogP contribution >= 0.6 is 11.8 Å². The number of aromatic amines is 1. The molecule has 0 unspecified atom stereocenters. The maximum Gasteiger partial charge on any atom is 0.259 e. The fraction of sp³-hybridized carbons (Fsp3) is 0. The molecule has 0 amide bonds. The number of nitrogens with one attached hydrogen (secondary N) is 1. The molecule has 1 heterocycles. The highest BCUT2D eigenvalue weighted by atomic mass is 35.5. The zero-order chi connectivity index (χ0) is 4.41. The van der Waals surface area contributed by atoms with E-state index in [4.69, 9.17) is 11.8 Å². The highest BCUT2D eigenvalue weighted by molar-refractivity contribution is 6.04. The van der Waals surface area contributed by atoms with Gasteiger partial charge in [0.1, 0.15) is 24.2 Å². The van der Waals surface area contributed by atoms with Gasteiger partial charge in [0, 0.05) is 0 Å². The number of imidazole rings is 1. The van der Waals surface area contributed by atoms with Gasteiger partial charge in [-0.15, -0.1) is 4.09 Å². The van der Waals surface area contributed by atoms with E-state index in [-0.39, 0.29) is 0 Å². The van der Waals surface area contributed by atoms with Crippen molar-refractivity contribution in [3.63, 3.8) is 0 Å². The molecule has 1 aromatic rings. The van der Waals surface area contributed by atoms with Gasteiger partial charge in [0.15, 0.2) is 0 Å². The summed E-state index contributed by atoms with van der Waals surface area (Å²) in [6.45, 7) is 0. The molecule has 32 valence electrons. The van der Waals surface area contributed by atoms with Crippen LogP contribution in [0.3, 0.4) is 0 Å². The average molecular weight is 104 g/mol. The summed E-state index contributed by atoms with van der Waals surface area (Å²) in [5.74, 6) is 0. The molecule has 6 heavy (non-hydrogen) atoms. The molecule has 0 saturated carbocycles. The van der Waals surface area contributed by atoms with Crippen LogP contribution in [-0.2, 0) is 0 Å². The molecule has 0 aliphatic carbocycles. The Kier molecular flexibility index (Phi) is 0.801. The molecular formula is C3H4ClN2+. The molecule has 0 radical (unpaired) electrons. The second kappa shape index (κ2) is 1.30. The zero-order valence-electron chi connectivity index (χ0n) is 3.06. The van der Waals surface area contributed by atoms with E-state index in [1.54, 1.807) is 18.7 Å². The van der Waals surface area contributed by atoms with Gasteiger partial charge in [-0.1, -0.05) is 0 Å². The van der Waals surface area contributed by atoms with Crippen LogP contribution in [0.4, 0.5) is 0 Å². The van der Waals surface area contributed by atoms with E-state index in [0.29, 0.717) is 0 Å². The Morgan fingerprint density at radius 3 is 2.67 bits per heavy atom. The van der Waals surface area contributed by atoms with Crippen LogP contribution in [0, 0.1) is 0 Å². The number of H-pyrrole nitrogens is 1. The van der Waals surface area contributed by atoms with Gasteiger partial charge >= 0.3 is 0 Å². The molecule has 0 atom stereocenters. The SMILES string of the molecule is Cl[n+]1cc[nH]c1. The van der Waals surface area contributed by atoms with E-state index >= 15 is 0 Å². The summed E-state index contributed by atoms with van der Waals surface area (Å²) in [5.41, 5.74) is 0. The molecule has 0 saturated heterocycles. The second-order valence-electron chi connectivity index (χ2n) is 0.956. The summed E-state index contributed by atoms with van der Waals surface area (Å²) in [4.78, 5) is 2.76. The Morgan fingerprint density at radius 2 is 2.50 bits per heavy atom. The monoisotopic (exact) mass is 103 g/mol. The lowest BCUT2D eigenvalue weighted by Crippen LogP contribution is -2.13. The van der Waals surface area contributed by atoms with Crippen LogP contribution in [0.25, 0.3) is 0 Å². The molecule has 3 heteroatoms. The van der Waals surface area contributed by atoms with Crippen molar-refractivity contribution in [2.45, 2.75) is 0 Å². The molecule has 0 aromatic carbocycles. The van der Waals surface area contributed by atoms with Crippen molar-refractivity contribution in [3.05, 3.63) is 18.7 Å². The van der Waals surface area contributed by atoms with Crippen molar-refractivity contribution in [2.75, 3.05) is 0 Å². The lowest BCUT2D eigenvalue weighted by molar-refractivity contribution is -0.517. The standard InChI is InChI=1S/C3H3ClN2/c4-6-2-1-5-3-6/h1-3H/p+1. The summed E-state index contributed by atoms with van der Waals surface area (Å²) < 4.78 is 1.42. The van der Waals surface area contributed by atoms with Gasteiger partial charge in [-0.2, -0.15) is 0 Å². The van der Waals surface area contributed by atoms with Gasteiger partial charge in [0.2, 0.25) is 0 Å². The first-order chi connectivity index (χ1) is 2.89. The fourth-order valence-electron chi connectivity index (χ4n) is 0.272. The summed E-state index contributed by atoms with van der Waals surface area (Å²) >= 11 is 5.34. The van der Waals surface area contributed by atoms with Crippen LogP contribution in [0.5, 0.6) is 0 Å². The number of rotatable bonds is 0. The number of halogens is 1. The number of nitrogens with zero attached hydrogens (tertiary/aromatic N) is 1. The van der Waals surface area contributed by atoms with Crippen molar-refractivity contribution in [1.82, 2.24) is 4.98 Å². The minimum absolute atomic E-state index is 1.42. The van der Waals surface area contributed by atoms with E-state index in [1.165, 1.54) is 4.09 Å². The molecule has 2 nitrogen and oxygen atoms in total. The largest absolute Gasteiger partial charge is 0.259 e. The van der Waals surface area contributed by atoms with E-state index in [1.807, 2.05) is 0 Å². The molecule has 0 fully saturated rings. The first-order valence-electron chi connectivity index (χ1n) is 1.60. The van der Waals surface area contributed by atoms with Gasteiger partial charge in [-0.05, 0) is 0 Å². The topological polar surface area (TPSA) is 19.7 Å². The second-order valence-corrected chi connectivity index (χ2v) is 1.35. The van der Waals surface area contributed by atoms with Crippen molar-refractivity contribution in [3.8, 4) is 0 Å². The maximum atomic E-state index is 5.34. The van der Waals surface area contributed by atoms with Crippen LogP contribution in [0.15, 0.2) is 18.7 Å². The summed E-state index contributed by atoms with van der Waals surface area (Å²) in [6.07, 6.45) is 5.09. The Bertz CT molecular complexity index is 112. The first kappa shape index (κ1) is 3.68. The molecular weight excluding hydrogens is 99.5 g/mol. The number of hydrogen-bond donors (Lipinski definition) is 1. The van der Waals surface area contributed by atoms with Gasteiger partial charge in [0.25, 0.3) is 6.33 Å². The highest BCUT2D eigenvalue weighted by Gasteiger charge is 1.82.